The van der Waals surface area contributed by atoms with Crippen LogP contribution in [-0.2, 0) is 19.2 Å². The van der Waals surface area contributed by atoms with E-state index in [1.54, 1.807) is 36.5 Å². The number of para-hydroxylation sites is 2. The fourth-order valence-electron chi connectivity index (χ4n) is 11.5. The number of aliphatic carboxylic acids is 2. The smallest absolute Gasteiger partial charge is 0.304 e. The molecule has 2 aromatic heterocycles. The molecule has 392 valence electrons. The van der Waals surface area contributed by atoms with Crippen LogP contribution in [0.1, 0.15) is 134 Å². The minimum absolute atomic E-state index is 0.177. The lowest BCUT2D eigenvalue weighted by atomic mass is 9.67. The molecule has 0 bridgehead atoms. The molecule has 0 radical (unpaired) electrons. The molecule has 10 nitrogen and oxygen atoms in total. The van der Waals surface area contributed by atoms with Gasteiger partial charge in [0.25, 0.3) is 0 Å². The van der Waals surface area contributed by atoms with Gasteiger partial charge in [-0.2, -0.15) is 0 Å². The number of amides is 2. The summed E-state index contributed by atoms with van der Waals surface area (Å²) in [6.07, 6.45) is 1.48. The molecule has 0 saturated carbocycles. The van der Waals surface area contributed by atoms with E-state index in [-0.39, 0.29) is 60.7 Å². The highest BCUT2D eigenvalue weighted by Crippen LogP contribution is 2.56. The highest BCUT2D eigenvalue weighted by atomic mass is 35.5. The van der Waals surface area contributed by atoms with E-state index in [0.29, 0.717) is 45.8 Å². The summed E-state index contributed by atoms with van der Waals surface area (Å²) in [5.74, 6) is -2.73. The normalized spacial score (nSPS) is 22.5. The van der Waals surface area contributed by atoms with Crippen LogP contribution in [0.15, 0.2) is 146 Å². The molecule has 2 amide bonds. The third kappa shape index (κ3) is 11.4. The Labute approximate surface area is 470 Å². The number of benzene rings is 6. The van der Waals surface area contributed by atoms with Crippen LogP contribution in [-0.4, -0.2) is 53.7 Å². The minimum atomic E-state index is -1.11. The summed E-state index contributed by atoms with van der Waals surface area (Å²) >= 11 is 28.5. The second-order valence-corrected chi connectivity index (χ2v) is 24.2. The third-order valence-corrected chi connectivity index (χ3v) is 18.1. The number of carbonyl (C=O) groups is 4. The highest BCUT2D eigenvalue weighted by molar-refractivity contribution is 7.19. The molecule has 0 spiro atoms. The largest absolute Gasteiger partial charge is 0.481 e. The second-order valence-electron chi connectivity index (χ2n) is 20.3. The molecule has 8 atom stereocenters. The van der Waals surface area contributed by atoms with E-state index < -0.39 is 22.8 Å². The van der Waals surface area contributed by atoms with Gasteiger partial charge in [-0.05, 0) is 121 Å². The predicted molar refractivity (Wildman–Crippen MR) is 306 cm³/mol. The van der Waals surface area contributed by atoms with E-state index in [1.165, 1.54) is 0 Å². The van der Waals surface area contributed by atoms with Crippen molar-refractivity contribution < 1.29 is 29.4 Å². The third-order valence-electron chi connectivity index (χ3n) is 14.9. The molecular formula is C60H56Cl4N4O6S2. The van der Waals surface area contributed by atoms with E-state index >= 15 is 0 Å². The van der Waals surface area contributed by atoms with Crippen LogP contribution in [0.25, 0.3) is 20.4 Å². The average Bonchev–Trinajstić information content (AvgIpc) is 4.03. The number of carboxylic acid groups (broad SMARTS) is 2. The van der Waals surface area contributed by atoms with Crippen molar-refractivity contribution in [1.82, 2.24) is 19.8 Å². The van der Waals surface area contributed by atoms with Gasteiger partial charge in [0, 0.05) is 31.9 Å². The first-order valence-electron chi connectivity index (χ1n) is 25.2. The van der Waals surface area contributed by atoms with Crippen molar-refractivity contribution in [3.63, 3.8) is 0 Å². The lowest BCUT2D eigenvalue weighted by molar-refractivity contribution is -0.161. The number of nitrogens with zero attached hydrogens (tertiary/aromatic N) is 4. The number of fused-ring (bicyclic) bond motifs is 2. The summed E-state index contributed by atoms with van der Waals surface area (Å²) in [6.45, 7) is 7.63. The second kappa shape index (κ2) is 23.0. The van der Waals surface area contributed by atoms with Crippen molar-refractivity contribution >= 4 is 113 Å². The van der Waals surface area contributed by atoms with Gasteiger partial charge in [-0.25, -0.2) is 9.97 Å². The predicted octanol–water partition coefficient (Wildman–Crippen LogP) is 16.6. The standard InChI is InChI=1S/2C30H28Cl2N2O3S/c2*1-3-24(28-33-23-9-4-5-10-25(23)38-28)34-27(18-11-13-20(31)14-12-18)22(19-7-6-8-21(32)15-19)16-30(2,29(34)37)17-26(35)36/h2*4-15,22,24,27H,3,16-17H2,1-2H3,(H,35,36)/t22-,24+,27-,30-;22-,24-,27-,30-/m11/s1. The molecule has 2 fully saturated rings. The summed E-state index contributed by atoms with van der Waals surface area (Å²) in [6, 6.07) is 44.9. The minimum Gasteiger partial charge on any atom is -0.481 e. The first-order valence-corrected chi connectivity index (χ1v) is 28.4. The number of carbonyl (C=O) groups excluding carboxylic acids is 2. The van der Waals surface area contributed by atoms with Crippen LogP contribution in [0.5, 0.6) is 0 Å². The van der Waals surface area contributed by atoms with Gasteiger partial charge >= 0.3 is 11.9 Å². The van der Waals surface area contributed by atoms with Gasteiger partial charge in [-0.3, -0.25) is 19.2 Å². The van der Waals surface area contributed by atoms with Gasteiger partial charge in [-0.1, -0.05) is 147 Å². The van der Waals surface area contributed by atoms with Gasteiger partial charge in [0.15, 0.2) is 0 Å². The average molecular weight is 1140 g/mol. The molecule has 16 heteroatoms. The molecule has 2 aliphatic heterocycles. The molecule has 2 N–H and O–H groups in total. The monoisotopic (exact) mass is 1130 g/mol. The summed E-state index contributed by atoms with van der Waals surface area (Å²) in [7, 11) is 0. The Morgan fingerprint density at radius 1 is 0.539 bits per heavy atom. The van der Waals surface area contributed by atoms with Crippen molar-refractivity contribution in [2.75, 3.05) is 0 Å². The highest BCUT2D eigenvalue weighted by Gasteiger charge is 2.54. The lowest BCUT2D eigenvalue weighted by Gasteiger charge is -2.51. The van der Waals surface area contributed by atoms with Gasteiger partial charge in [0.1, 0.15) is 10.0 Å². The SMILES string of the molecule is CC[C@@H](c1nc2ccccc2s1)N1C(=O)[C@@](C)(CC(=O)O)C[C@H](c2cccc(Cl)c2)[C@H]1c1ccc(Cl)cc1.CC[C@H](c1nc2ccccc2s1)N1C(=O)[C@@](C)(CC(=O)O)C[C@H](c2cccc(Cl)c2)[C@H]1c1ccc(Cl)cc1. The van der Waals surface area contributed by atoms with E-state index in [1.807, 2.05) is 169 Å². The number of likely N-dealkylation sites (tertiary alicyclic amines) is 2. The first-order chi connectivity index (χ1) is 36.4. The molecule has 10 rings (SSSR count). The number of hydrogen-bond acceptors (Lipinski definition) is 8. The summed E-state index contributed by atoms with van der Waals surface area (Å²) < 4.78 is 2.10. The van der Waals surface area contributed by atoms with Crippen LogP contribution in [0.3, 0.4) is 0 Å². The zero-order valence-corrected chi connectivity index (χ0v) is 46.9. The Morgan fingerprint density at radius 3 is 1.24 bits per heavy atom. The topological polar surface area (TPSA) is 141 Å². The summed E-state index contributed by atoms with van der Waals surface area (Å²) in [4.78, 5) is 66.6. The van der Waals surface area contributed by atoms with Gasteiger partial charge in [0.05, 0.1) is 68.3 Å². The number of halogens is 4. The zero-order valence-electron chi connectivity index (χ0n) is 42.2. The van der Waals surface area contributed by atoms with Crippen molar-refractivity contribution in [2.45, 2.75) is 102 Å². The maximum Gasteiger partial charge on any atom is 0.304 e. The van der Waals surface area contributed by atoms with Crippen molar-refractivity contribution in [2.24, 2.45) is 10.8 Å². The number of thiazole rings is 2. The number of aromatic nitrogens is 2. The maximum absolute atomic E-state index is 14.5. The maximum atomic E-state index is 14.5. The molecule has 0 unspecified atom stereocenters. The van der Waals surface area contributed by atoms with Crippen LogP contribution in [0.2, 0.25) is 20.1 Å². The fourth-order valence-corrected chi connectivity index (χ4v) is 14.4. The number of piperidine rings is 2. The molecule has 2 saturated heterocycles. The summed E-state index contributed by atoms with van der Waals surface area (Å²) in [5.41, 5.74) is 3.36. The fraction of sp³-hybridized carbons (Fsp3) is 0.300. The van der Waals surface area contributed by atoms with E-state index in [9.17, 15) is 29.4 Å². The molecule has 0 aliphatic carbocycles. The molecule has 8 aromatic rings. The Kier molecular flexibility index (Phi) is 16.6. The van der Waals surface area contributed by atoms with Crippen LogP contribution in [0.4, 0.5) is 0 Å². The number of rotatable bonds is 14. The summed E-state index contributed by atoms with van der Waals surface area (Å²) in [5, 5.41) is 23.8. The Morgan fingerprint density at radius 2 is 0.908 bits per heavy atom. The molecule has 6 aromatic carbocycles. The lowest BCUT2D eigenvalue weighted by Crippen LogP contribution is -2.53. The van der Waals surface area contributed by atoms with Gasteiger partial charge < -0.3 is 20.0 Å². The number of hydrogen-bond donors (Lipinski definition) is 2. The molecular weight excluding hydrogens is 1080 g/mol. The number of carboxylic acids is 2. The van der Waals surface area contributed by atoms with Crippen molar-refractivity contribution in [1.29, 1.82) is 0 Å². The van der Waals surface area contributed by atoms with Gasteiger partial charge in [0.2, 0.25) is 11.8 Å². The van der Waals surface area contributed by atoms with Gasteiger partial charge in [-0.15, -0.1) is 22.7 Å². The Hall–Kier alpha value is -5.86. The van der Waals surface area contributed by atoms with E-state index in [4.69, 9.17) is 56.4 Å². The Bertz CT molecular complexity index is 3140. The van der Waals surface area contributed by atoms with Crippen LogP contribution >= 0.6 is 69.1 Å². The molecule has 76 heavy (non-hydrogen) atoms. The van der Waals surface area contributed by atoms with Crippen molar-refractivity contribution in [3.05, 3.63) is 198 Å². The van der Waals surface area contributed by atoms with Crippen LogP contribution < -0.4 is 0 Å². The van der Waals surface area contributed by atoms with Crippen LogP contribution in [0, 0.1) is 10.8 Å². The van der Waals surface area contributed by atoms with E-state index in [2.05, 4.69) is 0 Å². The van der Waals surface area contributed by atoms with Crippen molar-refractivity contribution in [3.8, 4) is 0 Å². The Balaban J connectivity index is 0.000000186. The first kappa shape index (κ1) is 54.9. The van der Waals surface area contributed by atoms with E-state index in [0.717, 1.165) is 52.7 Å². The quantitative estimate of drug-likeness (QED) is 0.110. The molecule has 4 heterocycles. The zero-order chi connectivity index (χ0) is 54.1. The molecule has 2 aliphatic rings.